The van der Waals surface area contributed by atoms with Crippen LogP contribution in [-0.4, -0.2) is 97.6 Å². The summed E-state index contributed by atoms with van der Waals surface area (Å²) in [5, 5.41) is 0.330. The molecule has 0 aliphatic carbocycles. The zero-order chi connectivity index (χ0) is 28.1. The van der Waals surface area contributed by atoms with Gasteiger partial charge in [-0.05, 0) is 63.5 Å². The fourth-order valence-corrected chi connectivity index (χ4v) is 8.19. The monoisotopic (exact) mass is 588 g/mol. The number of carbonyl (C=O) groups is 2. The number of amides is 2. The second-order valence-corrected chi connectivity index (χ2v) is 13.4. The molecule has 0 bridgehead atoms. The third kappa shape index (κ3) is 5.34. The lowest BCUT2D eigenvalue weighted by Crippen LogP contribution is -2.76. The standard InChI is InChI=1S/C27H31BCl2N4O4S/c1-17(2)32-16-25-33(39(37,38)24-10-9-20(29)14-21(24)30)15-23(31-11-3-4-12-31)27(36)34(25)22(26(32)35)13-18-5-7-19(28)8-6-18/h5-10,14,17,22-23,25H,3-4,11-13,15-16H2,1-2H3. The second kappa shape index (κ2) is 11.0. The van der Waals surface area contributed by atoms with Crippen LogP contribution in [0, 0.1) is 0 Å². The Labute approximate surface area is 241 Å². The zero-order valence-electron chi connectivity index (χ0n) is 22.0. The molecule has 3 atom stereocenters. The molecule has 8 nitrogen and oxygen atoms in total. The number of carbonyl (C=O) groups excluding carboxylic acids is 2. The maximum atomic E-state index is 14.2. The Morgan fingerprint density at radius 1 is 0.974 bits per heavy atom. The van der Waals surface area contributed by atoms with Crippen molar-refractivity contribution in [3.63, 3.8) is 0 Å². The molecular weight excluding hydrogens is 558 g/mol. The number of hydrogen-bond donors (Lipinski definition) is 0. The minimum absolute atomic E-state index is 0.00898. The SMILES string of the molecule is [B]c1ccc(CC2C(=O)N(C(C)C)CC3N2C(=O)C(N2CCCC2)CN3S(=O)(=O)c2ccc(Cl)cc2Cl)cc1. The minimum atomic E-state index is -4.17. The molecule has 2 amide bonds. The van der Waals surface area contributed by atoms with E-state index in [-0.39, 0.29) is 47.3 Å². The fourth-order valence-electron chi connectivity index (χ4n) is 5.87. The van der Waals surface area contributed by atoms with Gasteiger partial charge < -0.3 is 9.80 Å². The van der Waals surface area contributed by atoms with E-state index < -0.39 is 28.3 Å². The van der Waals surface area contributed by atoms with Gasteiger partial charge in [0.2, 0.25) is 21.8 Å². The van der Waals surface area contributed by atoms with Crippen LogP contribution in [0.2, 0.25) is 10.0 Å². The third-order valence-electron chi connectivity index (χ3n) is 7.90. The van der Waals surface area contributed by atoms with E-state index in [4.69, 9.17) is 31.0 Å². The Hall–Kier alpha value is -2.11. The van der Waals surface area contributed by atoms with E-state index in [2.05, 4.69) is 0 Å². The van der Waals surface area contributed by atoms with E-state index in [0.29, 0.717) is 23.6 Å². The summed E-state index contributed by atoms with van der Waals surface area (Å²) in [7, 11) is 1.70. The fraction of sp³-hybridized carbons (Fsp3) is 0.481. The number of fused-ring (bicyclic) bond motifs is 1. The van der Waals surface area contributed by atoms with Crippen molar-refractivity contribution in [1.82, 2.24) is 19.0 Å². The minimum Gasteiger partial charge on any atom is -0.335 e. The van der Waals surface area contributed by atoms with Gasteiger partial charge >= 0.3 is 0 Å². The molecule has 0 aromatic heterocycles. The van der Waals surface area contributed by atoms with Crippen molar-refractivity contribution in [2.45, 2.75) is 62.3 Å². The molecule has 0 N–H and O–H groups in total. The lowest BCUT2D eigenvalue weighted by molar-refractivity contribution is -0.171. The Balaban J connectivity index is 1.62. The van der Waals surface area contributed by atoms with E-state index in [9.17, 15) is 18.0 Å². The van der Waals surface area contributed by atoms with Crippen molar-refractivity contribution in [3.8, 4) is 0 Å². The van der Waals surface area contributed by atoms with Crippen LogP contribution < -0.4 is 5.46 Å². The van der Waals surface area contributed by atoms with Gasteiger partial charge in [-0.25, -0.2) is 8.42 Å². The summed E-state index contributed by atoms with van der Waals surface area (Å²) in [6.45, 7) is 5.22. The normalized spacial score (nSPS) is 25.0. The molecule has 3 aliphatic heterocycles. The second-order valence-electron chi connectivity index (χ2n) is 10.7. The van der Waals surface area contributed by atoms with Crippen LogP contribution in [0.1, 0.15) is 32.3 Å². The van der Waals surface area contributed by atoms with Crippen molar-refractivity contribution >= 4 is 58.3 Å². The van der Waals surface area contributed by atoms with Crippen LogP contribution in [0.25, 0.3) is 0 Å². The summed E-state index contributed by atoms with van der Waals surface area (Å²) in [4.78, 5) is 33.2. The molecular formula is C27H31BCl2N4O4S. The van der Waals surface area contributed by atoms with Gasteiger partial charge in [-0.3, -0.25) is 14.5 Å². The van der Waals surface area contributed by atoms with Crippen LogP contribution >= 0.6 is 23.2 Å². The molecule has 39 heavy (non-hydrogen) atoms. The maximum Gasteiger partial charge on any atom is 0.246 e. The van der Waals surface area contributed by atoms with E-state index in [1.165, 1.54) is 27.4 Å². The largest absolute Gasteiger partial charge is 0.335 e. The summed E-state index contributed by atoms with van der Waals surface area (Å²) in [5.74, 6) is -0.414. The molecule has 2 aromatic carbocycles. The smallest absolute Gasteiger partial charge is 0.246 e. The summed E-state index contributed by atoms with van der Waals surface area (Å²) in [5.41, 5.74) is 1.42. The van der Waals surface area contributed by atoms with Crippen LogP contribution in [-0.2, 0) is 26.0 Å². The van der Waals surface area contributed by atoms with Gasteiger partial charge in [0.25, 0.3) is 0 Å². The number of piperazine rings is 1. The highest BCUT2D eigenvalue weighted by atomic mass is 35.5. The average molecular weight is 589 g/mol. The van der Waals surface area contributed by atoms with Gasteiger partial charge in [0.15, 0.2) is 0 Å². The van der Waals surface area contributed by atoms with E-state index in [1.54, 1.807) is 17.0 Å². The Bertz CT molecular complexity index is 1370. The third-order valence-corrected chi connectivity index (χ3v) is 10.5. The van der Waals surface area contributed by atoms with Gasteiger partial charge in [-0.2, -0.15) is 4.31 Å². The van der Waals surface area contributed by atoms with Crippen molar-refractivity contribution in [1.29, 1.82) is 0 Å². The quantitative estimate of drug-likeness (QED) is 0.484. The number of benzene rings is 2. The summed E-state index contributed by atoms with van der Waals surface area (Å²) >= 11 is 12.5. The van der Waals surface area contributed by atoms with Crippen molar-refractivity contribution in [2.75, 3.05) is 26.2 Å². The average Bonchev–Trinajstić information content (AvgIpc) is 3.41. The Morgan fingerprint density at radius 2 is 1.64 bits per heavy atom. The molecule has 0 spiro atoms. The van der Waals surface area contributed by atoms with Gasteiger partial charge in [0, 0.05) is 24.0 Å². The first kappa shape index (κ1) is 28.4. The molecule has 3 unspecified atom stereocenters. The summed E-state index contributed by atoms with van der Waals surface area (Å²) in [6, 6.07) is 9.70. The van der Waals surface area contributed by atoms with E-state index >= 15 is 0 Å². The van der Waals surface area contributed by atoms with Crippen molar-refractivity contribution < 1.29 is 18.0 Å². The van der Waals surface area contributed by atoms with Gasteiger partial charge in [-0.1, -0.05) is 52.9 Å². The van der Waals surface area contributed by atoms with Crippen LogP contribution in [0.3, 0.4) is 0 Å². The van der Waals surface area contributed by atoms with Gasteiger partial charge in [0.05, 0.1) is 11.6 Å². The highest BCUT2D eigenvalue weighted by Gasteiger charge is 2.55. The topological polar surface area (TPSA) is 81.2 Å². The molecule has 206 valence electrons. The Kier molecular flexibility index (Phi) is 8.05. The van der Waals surface area contributed by atoms with Crippen LogP contribution in [0.4, 0.5) is 0 Å². The predicted octanol–water partition coefficient (Wildman–Crippen LogP) is 2.27. The number of sulfonamides is 1. The summed E-state index contributed by atoms with van der Waals surface area (Å²) in [6.07, 6.45) is 1.22. The number of rotatable bonds is 6. The molecule has 0 saturated carbocycles. The van der Waals surface area contributed by atoms with Gasteiger partial charge in [0.1, 0.15) is 31.0 Å². The van der Waals surface area contributed by atoms with E-state index in [0.717, 1.165) is 18.4 Å². The van der Waals surface area contributed by atoms with Crippen molar-refractivity contribution in [2.24, 2.45) is 0 Å². The van der Waals surface area contributed by atoms with Crippen LogP contribution in [0.15, 0.2) is 47.4 Å². The molecule has 3 fully saturated rings. The maximum absolute atomic E-state index is 14.2. The first-order chi connectivity index (χ1) is 18.5. The molecule has 3 saturated heterocycles. The summed E-state index contributed by atoms with van der Waals surface area (Å²) < 4.78 is 29.8. The molecule has 2 aromatic rings. The van der Waals surface area contributed by atoms with E-state index in [1.807, 2.05) is 30.9 Å². The predicted molar refractivity (Wildman–Crippen MR) is 152 cm³/mol. The number of likely N-dealkylation sites (tertiary alicyclic amines) is 1. The molecule has 3 heterocycles. The number of hydrogen-bond acceptors (Lipinski definition) is 5. The van der Waals surface area contributed by atoms with Gasteiger partial charge in [-0.15, -0.1) is 0 Å². The molecule has 12 heteroatoms. The zero-order valence-corrected chi connectivity index (χ0v) is 24.3. The highest BCUT2D eigenvalue weighted by molar-refractivity contribution is 7.89. The molecule has 5 rings (SSSR count). The highest BCUT2D eigenvalue weighted by Crippen LogP contribution is 2.36. The molecule has 3 aliphatic rings. The lowest BCUT2D eigenvalue weighted by atomic mass is 9.92. The first-order valence-corrected chi connectivity index (χ1v) is 15.4. The molecule has 2 radical (unpaired) electrons. The number of halogens is 2. The first-order valence-electron chi connectivity index (χ1n) is 13.2. The lowest BCUT2D eigenvalue weighted by Gasteiger charge is -2.55. The number of nitrogens with zero attached hydrogens (tertiary/aromatic N) is 4. The Morgan fingerprint density at radius 3 is 2.26 bits per heavy atom. The van der Waals surface area contributed by atoms with Crippen molar-refractivity contribution in [3.05, 3.63) is 58.1 Å². The van der Waals surface area contributed by atoms with Crippen LogP contribution in [0.5, 0.6) is 0 Å².